The van der Waals surface area contributed by atoms with Gasteiger partial charge < -0.3 is 14.8 Å². The fourth-order valence-corrected chi connectivity index (χ4v) is 3.35. The quantitative estimate of drug-likeness (QED) is 0.752. The molecule has 0 spiro atoms. The van der Waals surface area contributed by atoms with E-state index in [1.54, 1.807) is 0 Å². The van der Waals surface area contributed by atoms with Gasteiger partial charge in [-0.25, -0.2) is 4.79 Å². The van der Waals surface area contributed by atoms with Crippen molar-refractivity contribution in [2.24, 2.45) is 5.92 Å². The van der Waals surface area contributed by atoms with Gasteiger partial charge in [0.25, 0.3) is 5.91 Å². The Morgan fingerprint density at radius 3 is 2.62 bits per heavy atom. The predicted octanol–water partition coefficient (Wildman–Crippen LogP) is 3.74. The molecule has 0 unspecified atom stereocenters. The molecule has 5 heteroatoms. The summed E-state index contributed by atoms with van der Waals surface area (Å²) in [4.78, 5) is 23.9. The van der Waals surface area contributed by atoms with Crippen LogP contribution in [0.2, 0.25) is 0 Å². The number of hydrogen-bond donors (Lipinski definition) is 1. The van der Waals surface area contributed by atoms with Gasteiger partial charge in [0, 0.05) is 6.04 Å². The molecule has 2 rings (SSSR count). The highest BCUT2D eigenvalue weighted by atomic mass is 16.6. The summed E-state index contributed by atoms with van der Waals surface area (Å²) in [5.74, 6) is 0.688. The van der Waals surface area contributed by atoms with Crippen molar-refractivity contribution in [3.63, 3.8) is 0 Å². The van der Waals surface area contributed by atoms with Crippen LogP contribution in [-0.4, -0.2) is 31.1 Å². The molecule has 1 fully saturated rings. The highest BCUT2D eigenvalue weighted by Crippen LogP contribution is 2.27. The molecule has 1 aliphatic rings. The number of esters is 1. The van der Waals surface area contributed by atoms with E-state index in [2.05, 4.69) is 26.1 Å². The van der Waals surface area contributed by atoms with Gasteiger partial charge in [-0.3, -0.25) is 4.79 Å². The Kier molecular flexibility index (Phi) is 7.49. The van der Waals surface area contributed by atoms with Crippen molar-refractivity contribution >= 4 is 11.9 Å². The zero-order valence-corrected chi connectivity index (χ0v) is 16.3. The lowest BCUT2D eigenvalue weighted by atomic mass is 9.86. The topological polar surface area (TPSA) is 64.6 Å². The van der Waals surface area contributed by atoms with Gasteiger partial charge in [-0.05, 0) is 48.8 Å². The van der Waals surface area contributed by atoms with E-state index in [4.69, 9.17) is 9.47 Å². The third kappa shape index (κ3) is 6.04. The van der Waals surface area contributed by atoms with E-state index >= 15 is 0 Å². The molecular weight excluding hydrogens is 330 g/mol. The molecule has 144 valence electrons. The lowest BCUT2D eigenvalue weighted by Crippen LogP contribution is -2.43. The van der Waals surface area contributed by atoms with Crippen LogP contribution in [0.5, 0.6) is 5.75 Å². The van der Waals surface area contributed by atoms with Crippen LogP contribution in [0.3, 0.4) is 0 Å². The number of hydrogen-bond acceptors (Lipinski definition) is 4. The summed E-state index contributed by atoms with van der Waals surface area (Å²) in [6, 6.07) is 6.14. The summed E-state index contributed by atoms with van der Waals surface area (Å²) >= 11 is 0. The van der Waals surface area contributed by atoms with Crippen molar-refractivity contribution < 1.29 is 19.1 Å². The van der Waals surface area contributed by atoms with E-state index in [1.165, 1.54) is 6.42 Å². The maximum Gasteiger partial charge on any atom is 0.344 e. The first-order valence-electron chi connectivity index (χ1n) is 9.55. The number of carbonyl (C=O) groups excluding carboxylic acids is 2. The average molecular weight is 361 g/mol. The molecule has 0 saturated heterocycles. The fourth-order valence-electron chi connectivity index (χ4n) is 3.35. The van der Waals surface area contributed by atoms with E-state index in [0.717, 1.165) is 30.4 Å². The molecule has 1 amide bonds. The highest BCUT2D eigenvalue weighted by Gasteiger charge is 2.23. The van der Waals surface area contributed by atoms with Crippen molar-refractivity contribution in [2.45, 2.75) is 65.3 Å². The van der Waals surface area contributed by atoms with E-state index in [9.17, 15) is 9.59 Å². The van der Waals surface area contributed by atoms with Gasteiger partial charge in [0.05, 0.1) is 0 Å². The largest absolute Gasteiger partial charge is 0.482 e. The zero-order chi connectivity index (χ0) is 19.1. The molecular formula is C21H31NO4. The van der Waals surface area contributed by atoms with Crippen LogP contribution in [0.15, 0.2) is 18.2 Å². The number of ether oxygens (including phenoxy) is 2. The molecule has 26 heavy (non-hydrogen) atoms. The summed E-state index contributed by atoms with van der Waals surface area (Å²) in [6.07, 6.45) is 4.48. The second-order valence-corrected chi connectivity index (χ2v) is 7.58. The highest BCUT2D eigenvalue weighted by molar-refractivity contribution is 5.81. The monoisotopic (exact) mass is 361 g/mol. The van der Waals surface area contributed by atoms with Gasteiger partial charge in [0.15, 0.2) is 13.2 Å². The summed E-state index contributed by atoms with van der Waals surface area (Å²) in [7, 11) is 0. The Morgan fingerprint density at radius 2 is 1.92 bits per heavy atom. The molecule has 0 aromatic heterocycles. The van der Waals surface area contributed by atoms with Gasteiger partial charge in [-0.15, -0.1) is 0 Å². The van der Waals surface area contributed by atoms with Crippen LogP contribution in [0.1, 0.15) is 63.5 Å². The molecule has 5 nitrogen and oxygen atoms in total. The van der Waals surface area contributed by atoms with Crippen LogP contribution < -0.4 is 10.1 Å². The second kappa shape index (κ2) is 9.60. The first-order chi connectivity index (χ1) is 12.4. The summed E-state index contributed by atoms with van der Waals surface area (Å²) < 4.78 is 10.7. The minimum Gasteiger partial charge on any atom is -0.482 e. The second-order valence-electron chi connectivity index (χ2n) is 7.58. The standard InChI is InChI=1S/C21H31NO4/c1-14(2)17-10-9-15(3)11-19(17)25-13-21(24)26-12-20(23)22-18-8-6-5-7-16(18)4/h9-11,14,16,18H,5-8,12-13H2,1-4H3,(H,22,23)/t16-,18+/m1/s1. The third-order valence-electron chi connectivity index (χ3n) is 4.96. The number of aryl methyl sites for hydroxylation is 1. The SMILES string of the molecule is Cc1ccc(C(C)C)c(OCC(=O)OCC(=O)N[C@H]2CCCC[C@H]2C)c1. The third-order valence-corrected chi connectivity index (χ3v) is 4.96. The van der Waals surface area contributed by atoms with E-state index in [-0.39, 0.29) is 25.2 Å². The van der Waals surface area contributed by atoms with E-state index < -0.39 is 5.97 Å². The number of carbonyl (C=O) groups is 2. The van der Waals surface area contributed by atoms with Gasteiger partial charge in [-0.1, -0.05) is 45.7 Å². The average Bonchev–Trinajstić information content (AvgIpc) is 2.60. The molecule has 1 aromatic rings. The Balaban J connectivity index is 1.77. The van der Waals surface area contributed by atoms with Crippen molar-refractivity contribution in [2.75, 3.05) is 13.2 Å². The fraction of sp³-hybridized carbons (Fsp3) is 0.619. The smallest absolute Gasteiger partial charge is 0.344 e. The normalized spacial score (nSPS) is 19.9. The molecule has 1 N–H and O–H groups in total. The van der Waals surface area contributed by atoms with E-state index in [1.807, 2.05) is 25.1 Å². The minimum atomic E-state index is -0.534. The summed E-state index contributed by atoms with van der Waals surface area (Å²) in [6.45, 7) is 7.83. The van der Waals surface area contributed by atoms with Gasteiger partial charge >= 0.3 is 5.97 Å². The first-order valence-corrected chi connectivity index (χ1v) is 9.55. The van der Waals surface area contributed by atoms with Gasteiger partial charge in [0.2, 0.25) is 0 Å². The van der Waals surface area contributed by atoms with Crippen molar-refractivity contribution in [1.29, 1.82) is 0 Å². The Labute approximate surface area is 156 Å². The number of amides is 1. The van der Waals surface area contributed by atoms with Crippen LogP contribution in [0.25, 0.3) is 0 Å². The first kappa shape index (κ1) is 20.3. The van der Waals surface area contributed by atoms with Crippen molar-refractivity contribution in [1.82, 2.24) is 5.32 Å². The van der Waals surface area contributed by atoms with Crippen molar-refractivity contribution in [3.8, 4) is 5.75 Å². The molecule has 1 aliphatic carbocycles. The van der Waals surface area contributed by atoms with Gasteiger partial charge in [0.1, 0.15) is 5.75 Å². The molecule has 0 aliphatic heterocycles. The lowest BCUT2D eigenvalue weighted by Gasteiger charge is -2.29. The maximum atomic E-state index is 12.0. The summed E-state index contributed by atoms with van der Waals surface area (Å²) in [5.41, 5.74) is 2.12. The summed E-state index contributed by atoms with van der Waals surface area (Å²) in [5, 5.41) is 2.97. The predicted molar refractivity (Wildman–Crippen MR) is 101 cm³/mol. The van der Waals surface area contributed by atoms with Crippen LogP contribution in [0.4, 0.5) is 0 Å². The number of nitrogens with one attached hydrogen (secondary N) is 1. The molecule has 0 bridgehead atoms. The lowest BCUT2D eigenvalue weighted by molar-refractivity contribution is -0.150. The number of benzene rings is 1. The molecule has 1 aromatic carbocycles. The van der Waals surface area contributed by atoms with Crippen LogP contribution in [-0.2, 0) is 14.3 Å². The maximum absolute atomic E-state index is 12.0. The van der Waals surface area contributed by atoms with Crippen LogP contribution >= 0.6 is 0 Å². The van der Waals surface area contributed by atoms with Crippen LogP contribution in [0, 0.1) is 12.8 Å². The number of rotatable bonds is 7. The zero-order valence-electron chi connectivity index (χ0n) is 16.3. The Hall–Kier alpha value is -2.04. The van der Waals surface area contributed by atoms with Crippen molar-refractivity contribution in [3.05, 3.63) is 29.3 Å². The Morgan fingerprint density at radius 1 is 1.19 bits per heavy atom. The molecule has 0 radical (unpaired) electrons. The molecule has 2 atom stereocenters. The van der Waals surface area contributed by atoms with E-state index in [0.29, 0.717) is 17.6 Å². The molecule has 0 heterocycles. The molecule has 1 saturated carbocycles. The van der Waals surface area contributed by atoms with Gasteiger partial charge in [-0.2, -0.15) is 0 Å². The minimum absolute atomic E-state index is 0.187. The Bertz CT molecular complexity index is 626.